The van der Waals surface area contributed by atoms with Gasteiger partial charge in [0, 0.05) is 59.2 Å². The molecule has 0 N–H and O–H groups in total. The molecule has 3 aromatic heterocycles. The van der Waals surface area contributed by atoms with Gasteiger partial charge in [0.25, 0.3) is 0 Å². The van der Waals surface area contributed by atoms with Gasteiger partial charge in [0.05, 0.1) is 33.4 Å². The summed E-state index contributed by atoms with van der Waals surface area (Å²) in [6.07, 6.45) is 0. The van der Waals surface area contributed by atoms with Crippen molar-refractivity contribution in [2.24, 2.45) is 0 Å². The van der Waals surface area contributed by atoms with E-state index in [2.05, 4.69) is 281 Å². The van der Waals surface area contributed by atoms with Crippen molar-refractivity contribution in [2.75, 3.05) is 4.90 Å². The summed E-state index contributed by atoms with van der Waals surface area (Å²) in [7, 11) is 0. The molecule has 0 unspecified atom stereocenters. The fraction of sp³-hybridized carbons (Fsp3) is 0. The fourth-order valence-electron chi connectivity index (χ4n) is 12.0. The normalized spacial score (nSPS) is 12.3. The van der Waals surface area contributed by atoms with Gasteiger partial charge in [-0.25, -0.2) is 0 Å². The van der Waals surface area contributed by atoms with Gasteiger partial charge in [-0.15, -0.1) is 0 Å². The topological polar surface area (TPSA) is 26.2 Å². The second kappa shape index (κ2) is 17.4. The maximum absolute atomic E-state index is 6.39. The van der Waals surface area contributed by atoms with Crippen molar-refractivity contribution in [1.29, 1.82) is 0 Å². The van der Waals surface area contributed by atoms with Gasteiger partial charge in [-0.1, -0.05) is 176 Å². The van der Waals surface area contributed by atoms with E-state index in [1.54, 1.807) is 0 Å². The first-order valence-corrected chi connectivity index (χ1v) is 27.0. The highest BCUT2D eigenvalue weighted by Gasteiger charge is 2.28. The van der Waals surface area contributed by atoms with Crippen molar-refractivity contribution in [3.05, 3.63) is 273 Å². The Morgan fingerprint density at radius 2 is 0.610 bits per heavy atom. The summed E-state index contributed by atoms with van der Waals surface area (Å²) >= 11 is 1.85. The van der Waals surface area contributed by atoms with Crippen LogP contribution < -0.4 is 4.90 Å². The SMILES string of the molecule is c1ccc(-c2ccc3c(c2)c2cc(-c4ccccc4)ccc2n3-c2ccc3c(c2)Sc2cc(-n4c5ccc(-c6ccccc6)cc5c5cc(-c6ccccc6)ccc54)ccc2N3c2ccc3oc4ccccc4c3c2)cc1. The molecule has 0 fully saturated rings. The lowest BCUT2D eigenvalue weighted by molar-refractivity contribution is 0.669. The van der Waals surface area contributed by atoms with Crippen LogP contribution in [0, 0.1) is 0 Å². The molecule has 16 rings (SSSR count). The van der Waals surface area contributed by atoms with Crippen LogP contribution in [0.4, 0.5) is 17.1 Å². The molecular weight excluding hydrogens is 955 g/mol. The number of furan rings is 1. The van der Waals surface area contributed by atoms with Crippen LogP contribution in [0.5, 0.6) is 0 Å². The van der Waals surface area contributed by atoms with E-state index in [-0.39, 0.29) is 0 Å². The van der Waals surface area contributed by atoms with Gasteiger partial charge in [0.15, 0.2) is 0 Å². The molecule has 0 bridgehead atoms. The van der Waals surface area contributed by atoms with Crippen LogP contribution in [0.25, 0.3) is 121 Å². The second-order valence-electron chi connectivity index (χ2n) is 20.1. The lowest BCUT2D eigenvalue weighted by Gasteiger charge is -2.33. The Bertz CT molecular complexity index is 4380. The van der Waals surface area contributed by atoms with E-state index in [9.17, 15) is 0 Å². The van der Waals surface area contributed by atoms with Gasteiger partial charge in [0.1, 0.15) is 11.2 Å². The molecule has 4 heterocycles. The second-order valence-corrected chi connectivity index (χ2v) is 21.2. The lowest BCUT2D eigenvalue weighted by Crippen LogP contribution is -2.15. The van der Waals surface area contributed by atoms with Crippen LogP contribution in [-0.2, 0) is 0 Å². The number of hydrogen-bond donors (Lipinski definition) is 0. The number of nitrogens with zero attached hydrogens (tertiary/aromatic N) is 3. The maximum atomic E-state index is 6.39. The molecule has 0 saturated heterocycles. The third-order valence-electron chi connectivity index (χ3n) is 15.7. The monoisotopic (exact) mass is 999 g/mol. The third kappa shape index (κ3) is 7.09. The quantitative estimate of drug-likeness (QED) is 0.159. The van der Waals surface area contributed by atoms with Crippen LogP contribution in [0.1, 0.15) is 0 Å². The molecule has 1 aliphatic rings. The Balaban J connectivity index is 0.896. The summed E-state index contributed by atoms with van der Waals surface area (Å²) in [6, 6.07) is 99.7. The summed E-state index contributed by atoms with van der Waals surface area (Å²) in [6.45, 7) is 0. The molecule has 15 aromatic rings. The number of aromatic nitrogens is 2. The van der Waals surface area contributed by atoms with Crippen molar-refractivity contribution < 1.29 is 4.42 Å². The van der Waals surface area contributed by atoms with Crippen LogP contribution in [0.15, 0.2) is 287 Å². The zero-order valence-electron chi connectivity index (χ0n) is 41.6. The molecule has 0 radical (unpaired) electrons. The van der Waals surface area contributed by atoms with Gasteiger partial charge in [0.2, 0.25) is 0 Å². The minimum atomic E-state index is 0.877. The number of para-hydroxylation sites is 1. The van der Waals surface area contributed by atoms with Crippen molar-refractivity contribution in [1.82, 2.24) is 9.13 Å². The third-order valence-corrected chi connectivity index (χ3v) is 16.8. The standard InChI is InChI=1S/C72H45N3OS/c1-5-15-46(16-6-1)50-25-32-63-58(39-50)59-40-51(47-17-7-2-8-18-47)26-33-64(59)73(63)55-29-36-67-71(44-55)77-72-45-56(30-37-68(72)75(67)54-31-38-70-62(43-54)57-23-13-14-24-69(57)76-70)74-65-34-27-52(48-19-9-3-10-20-48)41-60(65)61-42-53(28-35-66(61)74)49-21-11-4-12-22-49/h1-45H. The Labute approximate surface area is 448 Å². The van der Waals surface area contributed by atoms with E-state index in [1.807, 2.05) is 17.8 Å². The molecule has 0 amide bonds. The number of hydrogen-bond acceptors (Lipinski definition) is 3. The molecule has 4 nitrogen and oxygen atoms in total. The molecule has 360 valence electrons. The Hall–Kier alpha value is -9.81. The molecule has 5 heteroatoms. The van der Waals surface area contributed by atoms with Crippen molar-refractivity contribution in [2.45, 2.75) is 9.79 Å². The van der Waals surface area contributed by atoms with Crippen LogP contribution in [-0.4, -0.2) is 9.13 Å². The highest BCUT2D eigenvalue weighted by molar-refractivity contribution is 7.99. The zero-order valence-corrected chi connectivity index (χ0v) is 42.5. The first-order valence-electron chi connectivity index (χ1n) is 26.2. The largest absolute Gasteiger partial charge is 0.456 e. The van der Waals surface area contributed by atoms with E-state index in [0.29, 0.717) is 0 Å². The van der Waals surface area contributed by atoms with Gasteiger partial charge in [-0.05, 0) is 154 Å². The Morgan fingerprint density at radius 3 is 1.03 bits per heavy atom. The van der Waals surface area contributed by atoms with E-state index < -0.39 is 0 Å². The Kier molecular flexibility index (Phi) is 9.84. The molecule has 0 atom stereocenters. The molecule has 12 aromatic carbocycles. The van der Waals surface area contributed by atoms with Gasteiger partial charge in [-0.2, -0.15) is 0 Å². The number of benzene rings is 12. The maximum Gasteiger partial charge on any atom is 0.135 e. The minimum Gasteiger partial charge on any atom is -0.456 e. The fourth-order valence-corrected chi connectivity index (χ4v) is 13.2. The number of anilines is 3. The minimum absolute atomic E-state index is 0.877. The Morgan fingerprint density at radius 1 is 0.247 bits per heavy atom. The van der Waals surface area contributed by atoms with Crippen molar-refractivity contribution >= 4 is 94.4 Å². The molecule has 0 aliphatic carbocycles. The van der Waals surface area contributed by atoms with Crippen LogP contribution in [0.2, 0.25) is 0 Å². The lowest BCUT2D eigenvalue weighted by atomic mass is 10.0. The summed E-state index contributed by atoms with van der Waals surface area (Å²) in [4.78, 5) is 4.79. The summed E-state index contributed by atoms with van der Waals surface area (Å²) in [5.74, 6) is 0. The molecule has 77 heavy (non-hydrogen) atoms. The summed E-state index contributed by atoms with van der Waals surface area (Å²) in [5, 5.41) is 7.09. The highest BCUT2D eigenvalue weighted by Crippen LogP contribution is 2.54. The smallest absolute Gasteiger partial charge is 0.135 e. The van der Waals surface area contributed by atoms with Crippen molar-refractivity contribution in [3.8, 4) is 55.9 Å². The van der Waals surface area contributed by atoms with Gasteiger partial charge in [-0.3, -0.25) is 0 Å². The molecule has 0 spiro atoms. The highest BCUT2D eigenvalue weighted by atomic mass is 32.2. The van der Waals surface area contributed by atoms with E-state index in [4.69, 9.17) is 4.42 Å². The van der Waals surface area contributed by atoms with E-state index in [1.165, 1.54) is 97.9 Å². The van der Waals surface area contributed by atoms with E-state index >= 15 is 0 Å². The first kappa shape index (κ1) is 43.6. The first-order chi connectivity index (χ1) is 38.1. The zero-order chi connectivity index (χ0) is 50.6. The van der Waals surface area contributed by atoms with Crippen LogP contribution in [0.3, 0.4) is 0 Å². The summed E-state index contributed by atoms with van der Waals surface area (Å²) < 4.78 is 11.3. The average molecular weight is 1000 g/mol. The van der Waals surface area contributed by atoms with E-state index in [0.717, 1.165) is 50.4 Å². The van der Waals surface area contributed by atoms with Gasteiger partial charge < -0.3 is 18.5 Å². The van der Waals surface area contributed by atoms with Crippen molar-refractivity contribution in [3.63, 3.8) is 0 Å². The predicted molar refractivity (Wildman–Crippen MR) is 323 cm³/mol. The predicted octanol–water partition coefficient (Wildman–Crippen LogP) is 20.4. The average Bonchev–Trinajstić information content (AvgIpc) is 4.17. The molecular formula is C72H45N3OS. The molecule has 0 saturated carbocycles. The molecule has 1 aliphatic heterocycles. The number of rotatable bonds is 7. The summed E-state index contributed by atoms with van der Waals surface area (Å²) in [5.41, 5.74) is 21.6. The van der Waals surface area contributed by atoms with Crippen LogP contribution >= 0.6 is 11.8 Å². The van der Waals surface area contributed by atoms with Gasteiger partial charge >= 0.3 is 0 Å². The number of fused-ring (bicyclic) bond motifs is 11.